The van der Waals surface area contributed by atoms with E-state index in [4.69, 9.17) is 4.42 Å². The van der Waals surface area contributed by atoms with Crippen LogP contribution in [0.25, 0.3) is 11.3 Å². The van der Waals surface area contributed by atoms with Gasteiger partial charge in [0.2, 0.25) is 0 Å². The first kappa shape index (κ1) is 10.6. The van der Waals surface area contributed by atoms with Gasteiger partial charge >= 0.3 is 0 Å². The SMILES string of the molecule is CC1c2cc(-c3ccco3)ccc2CCN1C. The van der Waals surface area contributed by atoms with E-state index < -0.39 is 0 Å². The van der Waals surface area contributed by atoms with Crippen molar-refractivity contribution >= 4 is 0 Å². The van der Waals surface area contributed by atoms with Gasteiger partial charge in [-0.25, -0.2) is 0 Å². The molecule has 0 aliphatic carbocycles. The van der Waals surface area contributed by atoms with Crippen molar-refractivity contribution in [2.45, 2.75) is 19.4 Å². The molecule has 0 radical (unpaired) electrons. The van der Waals surface area contributed by atoms with Crippen LogP contribution in [-0.2, 0) is 6.42 Å². The molecule has 0 saturated carbocycles. The fourth-order valence-corrected chi connectivity index (χ4v) is 2.54. The number of fused-ring (bicyclic) bond motifs is 1. The van der Waals surface area contributed by atoms with Crippen molar-refractivity contribution in [2.24, 2.45) is 0 Å². The van der Waals surface area contributed by atoms with E-state index in [0.29, 0.717) is 6.04 Å². The summed E-state index contributed by atoms with van der Waals surface area (Å²) >= 11 is 0. The third-order valence-electron chi connectivity index (χ3n) is 3.80. The van der Waals surface area contributed by atoms with E-state index in [9.17, 15) is 0 Å². The minimum absolute atomic E-state index is 0.494. The van der Waals surface area contributed by atoms with Gasteiger partial charge in [-0.15, -0.1) is 0 Å². The van der Waals surface area contributed by atoms with Gasteiger partial charge in [-0.2, -0.15) is 0 Å². The third kappa shape index (κ3) is 1.79. The second-order valence-corrected chi connectivity index (χ2v) is 4.80. The molecule has 0 amide bonds. The van der Waals surface area contributed by atoms with Crippen molar-refractivity contribution < 1.29 is 4.42 Å². The first-order valence-electron chi connectivity index (χ1n) is 6.12. The highest BCUT2D eigenvalue weighted by Gasteiger charge is 2.21. The van der Waals surface area contributed by atoms with Crippen LogP contribution in [0, 0.1) is 0 Å². The number of nitrogens with zero attached hydrogens (tertiary/aromatic N) is 1. The molecule has 2 aromatic rings. The zero-order chi connectivity index (χ0) is 11.8. The van der Waals surface area contributed by atoms with Crippen LogP contribution in [0.15, 0.2) is 41.0 Å². The minimum Gasteiger partial charge on any atom is -0.464 e. The number of likely N-dealkylation sites (N-methyl/N-ethyl adjacent to an activating group) is 1. The van der Waals surface area contributed by atoms with Crippen LogP contribution in [0.5, 0.6) is 0 Å². The van der Waals surface area contributed by atoms with E-state index in [1.54, 1.807) is 6.26 Å². The zero-order valence-corrected chi connectivity index (χ0v) is 10.3. The summed E-state index contributed by atoms with van der Waals surface area (Å²) in [6.07, 6.45) is 2.87. The maximum Gasteiger partial charge on any atom is 0.133 e. The summed E-state index contributed by atoms with van der Waals surface area (Å²) in [5.74, 6) is 0.952. The quantitative estimate of drug-likeness (QED) is 0.741. The third-order valence-corrected chi connectivity index (χ3v) is 3.80. The largest absolute Gasteiger partial charge is 0.464 e. The molecule has 0 bridgehead atoms. The fraction of sp³-hybridized carbons (Fsp3) is 0.333. The lowest BCUT2D eigenvalue weighted by Gasteiger charge is -2.32. The van der Waals surface area contributed by atoms with E-state index in [2.05, 4.69) is 37.1 Å². The Hall–Kier alpha value is -1.54. The fourth-order valence-electron chi connectivity index (χ4n) is 2.54. The van der Waals surface area contributed by atoms with Crippen LogP contribution in [0.1, 0.15) is 24.1 Å². The molecular weight excluding hydrogens is 210 g/mol. The van der Waals surface area contributed by atoms with E-state index in [1.165, 1.54) is 16.7 Å². The second kappa shape index (κ2) is 4.04. The van der Waals surface area contributed by atoms with E-state index >= 15 is 0 Å². The average molecular weight is 227 g/mol. The standard InChI is InChI=1S/C15H17NO/c1-11-14-10-13(15-4-3-9-17-15)6-5-12(14)7-8-16(11)2/h3-6,9-11H,7-8H2,1-2H3. The van der Waals surface area contributed by atoms with E-state index in [1.807, 2.05) is 12.1 Å². The lowest BCUT2D eigenvalue weighted by atomic mass is 9.92. The molecule has 1 aliphatic rings. The van der Waals surface area contributed by atoms with Crippen molar-refractivity contribution in [3.8, 4) is 11.3 Å². The van der Waals surface area contributed by atoms with Crippen molar-refractivity contribution in [1.29, 1.82) is 0 Å². The number of benzene rings is 1. The average Bonchev–Trinajstić information content (AvgIpc) is 2.87. The highest BCUT2D eigenvalue weighted by Crippen LogP contribution is 2.32. The predicted octanol–water partition coefficient (Wildman–Crippen LogP) is 3.50. The second-order valence-electron chi connectivity index (χ2n) is 4.80. The number of hydrogen-bond acceptors (Lipinski definition) is 2. The highest BCUT2D eigenvalue weighted by molar-refractivity contribution is 5.60. The first-order valence-corrected chi connectivity index (χ1v) is 6.12. The van der Waals surface area contributed by atoms with Crippen molar-refractivity contribution in [3.05, 3.63) is 47.7 Å². The highest BCUT2D eigenvalue weighted by atomic mass is 16.3. The van der Waals surface area contributed by atoms with Crippen LogP contribution in [-0.4, -0.2) is 18.5 Å². The molecule has 1 aliphatic heterocycles. The molecule has 0 N–H and O–H groups in total. The summed E-state index contributed by atoms with van der Waals surface area (Å²) in [4.78, 5) is 2.40. The Kier molecular flexibility index (Phi) is 2.52. The van der Waals surface area contributed by atoms with Crippen LogP contribution in [0.2, 0.25) is 0 Å². The molecule has 17 heavy (non-hydrogen) atoms. The molecule has 1 unspecified atom stereocenters. The van der Waals surface area contributed by atoms with Gasteiger partial charge in [0.15, 0.2) is 0 Å². The number of hydrogen-bond donors (Lipinski definition) is 0. The molecule has 2 nitrogen and oxygen atoms in total. The van der Waals surface area contributed by atoms with Crippen molar-refractivity contribution in [2.75, 3.05) is 13.6 Å². The van der Waals surface area contributed by atoms with E-state index in [0.717, 1.165) is 18.7 Å². The maximum absolute atomic E-state index is 5.46. The topological polar surface area (TPSA) is 16.4 Å². The smallest absolute Gasteiger partial charge is 0.133 e. The van der Waals surface area contributed by atoms with Gasteiger partial charge in [-0.1, -0.05) is 12.1 Å². The molecule has 1 atom stereocenters. The van der Waals surface area contributed by atoms with Crippen LogP contribution < -0.4 is 0 Å². The lowest BCUT2D eigenvalue weighted by Crippen LogP contribution is -2.30. The molecule has 88 valence electrons. The first-order chi connectivity index (χ1) is 8.25. The Morgan fingerprint density at radius 2 is 2.18 bits per heavy atom. The summed E-state index contributed by atoms with van der Waals surface area (Å²) in [6, 6.07) is 11.1. The molecule has 3 rings (SSSR count). The maximum atomic E-state index is 5.46. The number of furan rings is 1. The molecule has 0 spiro atoms. The Bertz CT molecular complexity index is 516. The van der Waals surface area contributed by atoms with E-state index in [-0.39, 0.29) is 0 Å². The Balaban J connectivity index is 2.06. The molecular formula is C15H17NO. The van der Waals surface area contributed by atoms with Crippen LogP contribution in [0.3, 0.4) is 0 Å². The summed E-state index contributed by atoms with van der Waals surface area (Å²) in [7, 11) is 2.19. The molecule has 2 heterocycles. The molecule has 2 heteroatoms. The number of rotatable bonds is 1. The van der Waals surface area contributed by atoms with Crippen molar-refractivity contribution in [3.63, 3.8) is 0 Å². The Morgan fingerprint density at radius 3 is 2.94 bits per heavy atom. The molecule has 1 aromatic carbocycles. The van der Waals surface area contributed by atoms with Gasteiger partial charge in [0.1, 0.15) is 5.76 Å². The van der Waals surface area contributed by atoms with Gasteiger partial charge < -0.3 is 4.42 Å². The van der Waals surface area contributed by atoms with Gasteiger partial charge in [0.25, 0.3) is 0 Å². The zero-order valence-electron chi connectivity index (χ0n) is 10.3. The summed E-state index contributed by atoms with van der Waals surface area (Å²) in [5, 5.41) is 0. The monoisotopic (exact) mass is 227 g/mol. The van der Waals surface area contributed by atoms with Gasteiger partial charge in [0.05, 0.1) is 6.26 Å². The molecule has 0 saturated heterocycles. The van der Waals surface area contributed by atoms with Gasteiger partial charge in [-0.05, 0) is 49.7 Å². The summed E-state index contributed by atoms with van der Waals surface area (Å²) < 4.78 is 5.46. The van der Waals surface area contributed by atoms with Crippen LogP contribution in [0.4, 0.5) is 0 Å². The predicted molar refractivity (Wildman–Crippen MR) is 68.9 cm³/mol. The van der Waals surface area contributed by atoms with Gasteiger partial charge in [-0.3, -0.25) is 4.90 Å². The summed E-state index contributed by atoms with van der Waals surface area (Å²) in [5.41, 5.74) is 4.09. The van der Waals surface area contributed by atoms with Crippen LogP contribution >= 0.6 is 0 Å². The van der Waals surface area contributed by atoms with Gasteiger partial charge in [0, 0.05) is 18.2 Å². The molecule has 0 fully saturated rings. The lowest BCUT2D eigenvalue weighted by molar-refractivity contribution is 0.247. The summed E-state index contributed by atoms with van der Waals surface area (Å²) in [6.45, 7) is 3.41. The Labute approximate surface area is 102 Å². The minimum atomic E-state index is 0.494. The molecule has 1 aromatic heterocycles. The van der Waals surface area contributed by atoms with Crippen molar-refractivity contribution in [1.82, 2.24) is 4.90 Å². The Morgan fingerprint density at radius 1 is 1.29 bits per heavy atom. The normalized spacial score (nSPS) is 20.2.